The highest BCUT2D eigenvalue weighted by Crippen LogP contribution is 2.36. The van der Waals surface area contributed by atoms with Gasteiger partial charge in [-0.25, -0.2) is 9.59 Å². The number of nitrogens with one attached hydrogen (secondary N) is 1. The van der Waals surface area contributed by atoms with Crippen LogP contribution in [0.15, 0.2) is 30.3 Å². The Morgan fingerprint density at radius 1 is 1.11 bits per heavy atom. The Labute approximate surface area is 217 Å². The second kappa shape index (κ2) is 15.1. The molecule has 3 amide bonds. The van der Waals surface area contributed by atoms with Gasteiger partial charge in [-0.05, 0) is 55.4 Å². The number of carbonyl (C=O) groups excluding carboxylic acids is 1. The third-order valence-corrected chi connectivity index (χ3v) is 8.15. The van der Waals surface area contributed by atoms with Crippen LogP contribution >= 0.6 is 0 Å². The van der Waals surface area contributed by atoms with Gasteiger partial charge in [0, 0.05) is 46.4 Å². The van der Waals surface area contributed by atoms with E-state index in [2.05, 4.69) is 35.6 Å². The maximum absolute atomic E-state index is 13.4. The molecule has 0 spiro atoms. The molecule has 1 aliphatic heterocycles. The Kier molecular flexibility index (Phi) is 11.9. The van der Waals surface area contributed by atoms with Crippen molar-refractivity contribution < 1.29 is 19.4 Å². The van der Waals surface area contributed by atoms with Crippen molar-refractivity contribution in [1.29, 1.82) is 0 Å². The van der Waals surface area contributed by atoms with E-state index in [1.54, 1.807) is 14.2 Å². The first-order chi connectivity index (χ1) is 17.5. The summed E-state index contributed by atoms with van der Waals surface area (Å²) < 4.78 is 5.26. The van der Waals surface area contributed by atoms with Crippen molar-refractivity contribution >= 4 is 12.1 Å². The molecule has 2 fully saturated rings. The number of hydrogen-bond acceptors (Lipinski definition) is 3. The van der Waals surface area contributed by atoms with Gasteiger partial charge in [-0.2, -0.15) is 0 Å². The maximum Gasteiger partial charge on any atom is 0.407 e. The van der Waals surface area contributed by atoms with Crippen LogP contribution in [0.5, 0.6) is 0 Å². The predicted octanol–water partition coefficient (Wildman–Crippen LogP) is 5.96. The van der Waals surface area contributed by atoms with Crippen LogP contribution in [0.25, 0.3) is 0 Å². The molecule has 3 rings (SSSR count). The SMILES string of the molecule is COCCCC[C@@H](c1ccccc1)[C@@H]1CCCN(C(=O)N[C@@H](CC2CCCCC2)CN(C)C(=O)O)C1. The number of likely N-dealkylation sites (tertiary alicyclic amines) is 1. The standard InChI is InChI=1S/C29H47N3O4/c1-31(29(34)35)22-26(20-23-12-5-3-6-13-23)30-28(33)32-18-11-16-25(21-32)27(17-9-10-19-36-2)24-14-7-4-8-15-24/h4,7-8,14-15,23,25-27H,3,5-6,9-13,16-22H2,1-2H3,(H,30,33)(H,34,35)/t25-,26+,27+/m1/s1. The Morgan fingerprint density at radius 2 is 1.86 bits per heavy atom. The number of methoxy groups -OCH3 is 1. The monoisotopic (exact) mass is 501 g/mol. The number of amides is 3. The number of hydrogen-bond donors (Lipinski definition) is 2. The molecular weight excluding hydrogens is 454 g/mol. The maximum atomic E-state index is 13.4. The lowest BCUT2D eigenvalue weighted by molar-refractivity contribution is 0.135. The summed E-state index contributed by atoms with van der Waals surface area (Å²) in [5.74, 6) is 1.41. The number of benzene rings is 1. The van der Waals surface area contributed by atoms with Crippen molar-refractivity contribution in [2.45, 2.75) is 82.6 Å². The van der Waals surface area contributed by atoms with Gasteiger partial charge in [0.1, 0.15) is 0 Å². The number of piperidine rings is 1. The number of carbonyl (C=O) groups is 2. The third kappa shape index (κ3) is 8.99. The zero-order valence-corrected chi connectivity index (χ0v) is 22.4. The summed E-state index contributed by atoms with van der Waals surface area (Å²) >= 11 is 0. The second-order valence-electron chi connectivity index (χ2n) is 10.9. The van der Waals surface area contributed by atoms with Gasteiger partial charge >= 0.3 is 12.1 Å². The molecule has 1 saturated carbocycles. The fraction of sp³-hybridized carbons (Fsp3) is 0.724. The van der Waals surface area contributed by atoms with E-state index in [1.807, 2.05) is 4.90 Å². The molecule has 1 heterocycles. The summed E-state index contributed by atoms with van der Waals surface area (Å²) in [6.45, 7) is 2.63. The van der Waals surface area contributed by atoms with Gasteiger partial charge in [0.25, 0.3) is 0 Å². The van der Waals surface area contributed by atoms with Crippen molar-refractivity contribution in [2.24, 2.45) is 11.8 Å². The minimum atomic E-state index is -0.949. The molecule has 7 nitrogen and oxygen atoms in total. The molecule has 36 heavy (non-hydrogen) atoms. The summed E-state index contributed by atoms with van der Waals surface area (Å²) in [6.07, 6.45) is 11.4. The lowest BCUT2D eigenvalue weighted by atomic mass is 9.78. The quantitative estimate of drug-likeness (QED) is 0.346. The summed E-state index contributed by atoms with van der Waals surface area (Å²) in [4.78, 5) is 28.2. The predicted molar refractivity (Wildman–Crippen MR) is 143 cm³/mol. The number of likely N-dealkylation sites (N-methyl/N-ethyl adjacent to an activating group) is 1. The number of ether oxygens (including phenoxy) is 1. The number of urea groups is 1. The van der Waals surface area contributed by atoms with E-state index in [4.69, 9.17) is 4.74 Å². The molecule has 7 heteroatoms. The molecule has 3 atom stereocenters. The molecule has 0 radical (unpaired) electrons. The smallest absolute Gasteiger partial charge is 0.407 e. The molecule has 0 aromatic heterocycles. The van der Waals surface area contributed by atoms with Crippen LogP contribution in [0.2, 0.25) is 0 Å². The Bertz CT molecular complexity index is 784. The first-order valence-electron chi connectivity index (χ1n) is 14.0. The minimum Gasteiger partial charge on any atom is -0.465 e. The van der Waals surface area contributed by atoms with Gasteiger partial charge < -0.3 is 25.0 Å². The van der Waals surface area contributed by atoms with E-state index in [9.17, 15) is 14.7 Å². The minimum absolute atomic E-state index is 0.0366. The van der Waals surface area contributed by atoms with Crippen molar-refractivity contribution in [1.82, 2.24) is 15.1 Å². The van der Waals surface area contributed by atoms with Gasteiger partial charge in [0.2, 0.25) is 0 Å². The van der Waals surface area contributed by atoms with E-state index < -0.39 is 6.09 Å². The van der Waals surface area contributed by atoms with E-state index in [0.717, 1.165) is 58.2 Å². The van der Waals surface area contributed by atoms with Crippen LogP contribution in [-0.4, -0.2) is 73.5 Å². The number of unbranched alkanes of at least 4 members (excludes halogenated alkanes) is 1. The Morgan fingerprint density at radius 3 is 2.56 bits per heavy atom. The molecular formula is C29H47N3O4. The average molecular weight is 502 g/mol. The van der Waals surface area contributed by atoms with Crippen molar-refractivity contribution in [2.75, 3.05) is 40.4 Å². The van der Waals surface area contributed by atoms with Crippen molar-refractivity contribution in [3.05, 3.63) is 35.9 Å². The van der Waals surface area contributed by atoms with Gasteiger partial charge in [-0.3, -0.25) is 0 Å². The summed E-state index contributed by atoms with van der Waals surface area (Å²) in [7, 11) is 3.34. The molecule has 202 valence electrons. The van der Waals surface area contributed by atoms with E-state index in [0.29, 0.717) is 24.3 Å². The zero-order valence-electron chi connectivity index (χ0n) is 22.4. The molecule has 1 aromatic rings. The number of nitrogens with zero attached hydrogens (tertiary/aromatic N) is 2. The summed E-state index contributed by atoms with van der Waals surface area (Å²) in [5, 5.41) is 12.7. The van der Waals surface area contributed by atoms with Gasteiger partial charge in [-0.1, -0.05) is 68.9 Å². The van der Waals surface area contributed by atoms with Crippen LogP contribution in [0.4, 0.5) is 9.59 Å². The number of rotatable bonds is 12. The normalized spacial score (nSPS) is 20.5. The van der Waals surface area contributed by atoms with Crippen LogP contribution in [-0.2, 0) is 4.74 Å². The topological polar surface area (TPSA) is 82.1 Å². The van der Waals surface area contributed by atoms with Crippen LogP contribution < -0.4 is 5.32 Å². The average Bonchev–Trinajstić information content (AvgIpc) is 2.89. The summed E-state index contributed by atoms with van der Waals surface area (Å²) in [5.41, 5.74) is 1.36. The largest absolute Gasteiger partial charge is 0.465 e. The van der Waals surface area contributed by atoms with Crippen molar-refractivity contribution in [3.8, 4) is 0 Å². The van der Waals surface area contributed by atoms with E-state index in [-0.39, 0.29) is 12.1 Å². The molecule has 1 aromatic carbocycles. The van der Waals surface area contributed by atoms with E-state index in [1.165, 1.54) is 42.6 Å². The number of carboxylic acid groups (broad SMARTS) is 1. The zero-order chi connectivity index (χ0) is 25.8. The highest BCUT2D eigenvalue weighted by Gasteiger charge is 2.31. The first-order valence-corrected chi connectivity index (χ1v) is 14.0. The molecule has 1 saturated heterocycles. The molecule has 0 unspecified atom stereocenters. The molecule has 1 aliphatic carbocycles. The Balaban J connectivity index is 1.64. The van der Waals surface area contributed by atoms with Crippen molar-refractivity contribution in [3.63, 3.8) is 0 Å². The highest BCUT2D eigenvalue weighted by atomic mass is 16.5. The van der Waals surface area contributed by atoms with Crippen LogP contribution in [0.3, 0.4) is 0 Å². The lowest BCUT2D eigenvalue weighted by Gasteiger charge is -2.38. The van der Waals surface area contributed by atoms with Crippen LogP contribution in [0, 0.1) is 11.8 Å². The first kappa shape index (κ1) is 28.3. The molecule has 0 bridgehead atoms. The molecule has 2 aliphatic rings. The lowest BCUT2D eigenvalue weighted by Crippen LogP contribution is -2.52. The third-order valence-electron chi connectivity index (χ3n) is 8.15. The summed E-state index contributed by atoms with van der Waals surface area (Å²) in [6, 6.07) is 10.5. The Hall–Kier alpha value is -2.28. The van der Waals surface area contributed by atoms with Gasteiger partial charge in [0.05, 0.1) is 0 Å². The molecule has 2 N–H and O–H groups in total. The second-order valence-corrected chi connectivity index (χ2v) is 10.9. The van der Waals surface area contributed by atoms with Gasteiger partial charge in [0.15, 0.2) is 0 Å². The van der Waals surface area contributed by atoms with Gasteiger partial charge in [-0.15, -0.1) is 0 Å². The fourth-order valence-electron chi connectivity index (χ4n) is 6.19. The highest BCUT2D eigenvalue weighted by molar-refractivity contribution is 5.75. The van der Waals surface area contributed by atoms with Crippen LogP contribution in [0.1, 0.15) is 82.1 Å². The van der Waals surface area contributed by atoms with E-state index >= 15 is 0 Å². The fourth-order valence-corrected chi connectivity index (χ4v) is 6.19.